The molecule has 0 aliphatic carbocycles. The van der Waals surface area contributed by atoms with E-state index in [1.807, 2.05) is 20.8 Å². The molecule has 0 saturated carbocycles. The maximum Gasteiger partial charge on any atom is 0.242 e. The molecule has 2 heterocycles. The Bertz CT molecular complexity index is 1650. The Kier molecular flexibility index (Phi) is 8.79. The van der Waals surface area contributed by atoms with Gasteiger partial charge < -0.3 is 10.6 Å². The zero-order chi connectivity index (χ0) is 30.9. The van der Waals surface area contributed by atoms with E-state index in [4.69, 9.17) is 23.2 Å². The van der Waals surface area contributed by atoms with Gasteiger partial charge in [-0.05, 0) is 70.6 Å². The van der Waals surface area contributed by atoms with E-state index in [0.29, 0.717) is 23.5 Å². The molecule has 1 aromatic heterocycles. The van der Waals surface area contributed by atoms with Crippen LogP contribution in [-0.4, -0.2) is 38.6 Å². The molecule has 8 nitrogen and oxygen atoms in total. The molecule has 5 atom stereocenters. The van der Waals surface area contributed by atoms with E-state index in [-0.39, 0.29) is 26.6 Å². The number of H-pyrrole nitrogens is 1. The zero-order valence-corrected chi connectivity index (χ0v) is 25.1. The van der Waals surface area contributed by atoms with Crippen LogP contribution in [0.25, 0.3) is 11.4 Å². The molecule has 1 fully saturated rings. The zero-order valence-electron chi connectivity index (χ0n) is 23.6. The van der Waals surface area contributed by atoms with Gasteiger partial charge in [-0.3, -0.25) is 4.79 Å². The van der Waals surface area contributed by atoms with E-state index >= 15 is 8.78 Å². The first-order valence-corrected chi connectivity index (χ1v) is 14.4. The van der Waals surface area contributed by atoms with E-state index in [9.17, 15) is 10.1 Å². The largest absolute Gasteiger partial charge is 0.325 e. The highest BCUT2D eigenvalue weighted by Crippen LogP contribution is 2.49. The predicted octanol–water partition coefficient (Wildman–Crippen LogP) is 6.87. The van der Waals surface area contributed by atoms with Gasteiger partial charge in [-0.2, -0.15) is 10.5 Å². The number of anilines is 1. The SMILES string of the molecule is CC(C)(C)C[C@@H]1N[C@@H](C(=O)Nc2ccc(-c3nn[nH]n3)cc2)[C@H](c2cccc(Cl)c2F)[C@@H](c2ccc(Cl)cc2F)C1C#N. The number of carbonyl (C=O) groups is 1. The Balaban J connectivity index is 1.62. The van der Waals surface area contributed by atoms with Gasteiger partial charge in [-0.25, -0.2) is 8.78 Å². The fraction of sp³-hybridized carbons (Fsp3) is 0.323. The van der Waals surface area contributed by atoms with Crippen molar-refractivity contribution in [3.05, 3.63) is 93.5 Å². The summed E-state index contributed by atoms with van der Waals surface area (Å²) in [4.78, 5) is 14.1. The maximum atomic E-state index is 15.8. The van der Waals surface area contributed by atoms with Crippen molar-refractivity contribution in [2.45, 2.75) is 51.1 Å². The number of carbonyl (C=O) groups excluding carboxylic acids is 1. The van der Waals surface area contributed by atoms with Crippen LogP contribution in [0.4, 0.5) is 14.5 Å². The smallest absolute Gasteiger partial charge is 0.242 e. The second kappa shape index (κ2) is 12.4. The quantitative estimate of drug-likeness (QED) is 0.215. The highest BCUT2D eigenvalue weighted by Gasteiger charge is 2.50. The number of benzene rings is 3. The second-order valence-corrected chi connectivity index (χ2v) is 12.7. The van der Waals surface area contributed by atoms with Gasteiger partial charge in [0.1, 0.15) is 11.6 Å². The number of nitrogens with one attached hydrogen (secondary N) is 3. The number of aromatic amines is 1. The molecular weight excluding hydrogens is 595 g/mol. The standard InChI is InChI=1S/C31H29Cl2F2N7O/c1-31(2,3)14-24-21(15-36)25(19-12-9-17(32)13-23(19)34)26(20-5-4-6-22(33)27(20)35)28(38-24)30(43)37-18-10-7-16(8-11-18)29-39-41-42-40-29/h4-13,21,24-26,28,38H,14H2,1-3H3,(H,37,43)(H,39,40,41,42)/t21?,24-,25-,26+,28+/m0/s1. The Hall–Kier alpha value is -3.91. The van der Waals surface area contributed by atoms with Crippen molar-refractivity contribution < 1.29 is 13.6 Å². The summed E-state index contributed by atoms with van der Waals surface area (Å²) in [6.45, 7) is 6.05. The Morgan fingerprint density at radius 3 is 2.42 bits per heavy atom. The minimum absolute atomic E-state index is 0.0985. The lowest BCUT2D eigenvalue weighted by atomic mass is 9.63. The third-order valence-electron chi connectivity index (χ3n) is 7.64. The third kappa shape index (κ3) is 6.54. The monoisotopic (exact) mass is 623 g/mol. The normalized spacial score (nSPS) is 22.1. The molecule has 3 aromatic carbocycles. The summed E-state index contributed by atoms with van der Waals surface area (Å²) in [5.74, 6) is -4.21. The Morgan fingerprint density at radius 2 is 1.79 bits per heavy atom. The van der Waals surface area contributed by atoms with Crippen molar-refractivity contribution in [3.63, 3.8) is 0 Å². The molecule has 1 saturated heterocycles. The van der Waals surface area contributed by atoms with Crippen molar-refractivity contribution >= 4 is 34.8 Å². The molecule has 43 heavy (non-hydrogen) atoms. The van der Waals surface area contributed by atoms with Gasteiger partial charge in [0.15, 0.2) is 0 Å². The van der Waals surface area contributed by atoms with Gasteiger partial charge in [-0.15, -0.1) is 10.2 Å². The summed E-state index contributed by atoms with van der Waals surface area (Å²) < 4.78 is 31.4. The average molecular weight is 625 g/mol. The number of nitriles is 1. The lowest BCUT2D eigenvalue weighted by Gasteiger charge is -2.47. The second-order valence-electron chi connectivity index (χ2n) is 11.8. The van der Waals surface area contributed by atoms with Crippen LogP contribution in [0.2, 0.25) is 10.0 Å². The van der Waals surface area contributed by atoms with Crippen LogP contribution in [-0.2, 0) is 4.79 Å². The number of tetrazole rings is 1. The number of aromatic nitrogens is 4. The van der Waals surface area contributed by atoms with Crippen LogP contribution >= 0.6 is 23.2 Å². The number of hydrogen-bond donors (Lipinski definition) is 3. The van der Waals surface area contributed by atoms with Gasteiger partial charge in [0, 0.05) is 34.2 Å². The van der Waals surface area contributed by atoms with E-state index < -0.39 is 47.4 Å². The van der Waals surface area contributed by atoms with E-state index in [2.05, 4.69) is 37.3 Å². The molecule has 12 heteroatoms. The van der Waals surface area contributed by atoms with Crippen molar-refractivity contribution in [1.29, 1.82) is 5.26 Å². The molecule has 0 spiro atoms. The summed E-state index contributed by atoms with van der Waals surface area (Å²) >= 11 is 12.3. The average Bonchev–Trinajstić information content (AvgIpc) is 3.49. The van der Waals surface area contributed by atoms with E-state index in [1.54, 1.807) is 30.3 Å². The molecule has 3 N–H and O–H groups in total. The summed E-state index contributed by atoms with van der Waals surface area (Å²) in [5, 5.41) is 30.7. The third-order valence-corrected chi connectivity index (χ3v) is 8.17. The van der Waals surface area contributed by atoms with Gasteiger partial charge in [0.2, 0.25) is 11.7 Å². The lowest BCUT2D eigenvalue weighted by molar-refractivity contribution is -0.120. The van der Waals surface area contributed by atoms with E-state index in [1.165, 1.54) is 24.3 Å². The highest BCUT2D eigenvalue weighted by atomic mass is 35.5. The number of amides is 1. The molecule has 1 aliphatic rings. The minimum Gasteiger partial charge on any atom is -0.325 e. The number of rotatable bonds is 6. The number of halogens is 4. The molecule has 222 valence electrons. The first-order chi connectivity index (χ1) is 20.5. The fourth-order valence-corrected chi connectivity index (χ4v) is 6.23. The summed E-state index contributed by atoms with van der Waals surface area (Å²) in [6.07, 6.45) is 0.491. The van der Waals surface area contributed by atoms with Crippen LogP contribution in [0.15, 0.2) is 60.7 Å². The van der Waals surface area contributed by atoms with Crippen molar-refractivity contribution in [2.75, 3.05) is 5.32 Å². The Morgan fingerprint density at radius 1 is 1.05 bits per heavy atom. The van der Waals surface area contributed by atoms with Crippen LogP contribution in [0.5, 0.6) is 0 Å². The topological polar surface area (TPSA) is 119 Å². The van der Waals surface area contributed by atoms with Gasteiger partial charge in [-0.1, -0.05) is 62.2 Å². The predicted molar refractivity (Wildman–Crippen MR) is 160 cm³/mol. The number of hydrogen-bond acceptors (Lipinski definition) is 6. The van der Waals surface area contributed by atoms with Crippen molar-refractivity contribution in [1.82, 2.24) is 25.9 Å². The van der Waals surface area contributed by atoms with Crippen LogP contribution in [0.3, 0.4) is 0 Å². The van der Waals surface area contributed by atoms with Crippen molar-refractivity contribution in [3.8, 4) is 17.5 Å². The van der Waals surface area contributed by atoms with E-state index in [0.717, 1.165) is 6.07 Å². The molecule has 4 aromatic rings. The highest BCUT2D eigenvalue weighted by molar-refractivity contribution is 6.31. The first kappa shape index (κ1) is 30.5. The summed E-state index contributed by atoms with van der Waals surface area (Å²) in [6, 6.07) is 16.3. The first-order valence-electron chi connectivity index (χ1n) is 13.7. The molecule has 5 rings (SSSR count). The van der Waals surface area contributed by atoms with Gasteiger partial charge in [0.05, 0.1) is 23.1 Å². The molecule has 0 radical (unpaired) electrons. The molecule has 0 bridgehead atoms. The fourth-order valence-electron chi connectivity index (χ4n) is 5.89. The van der Waals surface area contributed by atoms with Crippen molar-refractivity contribution in [2.24, 2.45) is 11.3 Å². The lowest BCUT2D eigenvalue weighted by Crippen LogP contribution is -2.59. The molecule has 1 unspecified atom stereocenters. The number of piperidine rings is 1. The minimum atomic E-state index is -1.07. The maximum absolute atomic E-state index is 15.8. The molecule has 1 aliphatic heterocycles. The van der Waals surface area contributed by atoms with Gasteiger partial charge >= 0.3 is 0 Å². The summed E-state index contributed by atoms with van der Waals surface area (Å²) in [5.41, 5.74) is 1.16. The molecule has 1 amide bonds. The van der Waals surface area contributed by atoms with Crippen LogP contribution < -0.4 is 10.6 Å². The Labute approximate surface area is 257 Å². The summed E-state index contributed by atoms with van der Waals surface area (Å²) in [7, 11) is 0. The van der Waals surface area contributed by atoms with Crippen LogP contribution in [0, 0.1) is 34.3 Å². The molecular formula is C31H29Cl2F2N7O. The van der Waals surface area contributed by atoms with Crippen LogP contribution in [0.1, 0.15) is 50.2 Å². The van der Waals surface area contributed by atoms with Gasteiger partial charge in [0.25, 0.3) is 0 Å². The number of nitrogens with zero attached hydrogens (tertiary/aromatic N) is 4.